The average Bonchev–Trinajstić information content (AvgIpc) is 2.26. The smallest absolute Gasteiger partial charge is 0.251 e. The van der Waals surface area contributed by atoms with Crippen molar-refractivity contribution < 1.29 is 14.7 Å². The van der Waals surface area contributed by atoms with E-state index >= 15 is 0 Å². The number of likely N-dealkylation sites (N-methyl/N-ethyl adjacent to an activating group) is 1. The predicted molar refractivity (Wildman–Crippen MR) is 54.5 cm³/mol. The first kappa shape index (κ1) is 11.0. The summed E-state index contributed by atoms with van der Waals surface area (Å²) >= 11 is 0. The van der Waals surface area contributed by atoms with Gasteiger partial charge in [-0.3, -0.25) is 9.59 Å². The number of aromatic hydroxyl groups is 1. The molecule has 80 valence electrons. The van der Waals surface area contributed by atoms with Crippen LogP contribution in [0.2, 0.25) is 0 Å². The van der Waals surface area contributed by atoms with Crippen LogP contribution in [0.4, 0.5) is 0 Å². The number of phenolic OH excluding ortho intramolecular Hbond substituents is 1. The molecule has 15 heavy (non-hydrogen) atoms. The summed E-state index contributed by atoms with van der Waals surface area (Å²) in [4.78, 5) is 22.2. The van der Waals surface area contributed by atoms with Gasteiger partial charge < -0.3 is 15.7 Å². The molecule has 0 atom stereocenters. The molecule has 3 N–H and O–H groups in total. The first-order valence-corrected chi connectivity index (χ1v) is 4.41. The van der Waals surface area contributed by atoms with E-state index in [0.717, 1.165) is 0 Å². The summed E-state index contributed by atoms with van der Waals surface area (Å²) in [6.07, 6.45) is 0. The maximum absolute atomic E-state index is 11.4. The second kappa shape index (κ2) is 4.99. The predicted octanol–water partition coefficient (Wildman–Crippen LogP) is -0.132. The molecule has 1 aromatic carbocycles. The van der Waals surface area contributed by atoms with Crippen molar-refractivity contribution >= 4 is 11.8 Å². The molecule has 0 aliphatic rings. The Morgan fingerprint density at radius 1 is 1.27 bits per heavy atom. The lowest BCUT2D eigenvalue weighted by Crippen LogP contribution is -2.35. The Morgan fingerprint density at radius 3 is 2.40 bits per heavy atom. The van der Waals surface area contributed by atoms with Gasteiger partial charge in [0.1, 0.15) is 5.75 Å². The second-order valence-electron chi connectivity index (χ2n) is 2.90. The van der Waals surface area contributed by atoms with Crippen molar-refractivity contribution in [1.82, 2.24) is 10.6 Å². The summed E-state index contributed by atoms with van der Waals surface area (Å²) in [5.74, 6) is -0.515. The van der Waals surface area contributed by atoms with Crippen molar-refractivity contribution in [2.75, 3.05) is 13.6 Å². The topological polar surface area (TPSA) is 78.4 Å². The van der Waals surface area contributed by atoms with E-state index in [-0.39, 0.29) is 24.1 Å². The Kier molecular flexibility index (Phi) is 3.68. The van der Waals surface area contributed by atoms with Crippen LogP contribution >= 0.6 is 0 Å². The van der Waals surface area contributed by atoms with Crippen LogP contribution < -0.4 is 10.6 Å². The zero-order valence-electron chi connectivity index (χ0n) is 8.28. The molecule has 1 aromatic rings. The summed E-state index contributed by atoms with van der Waals surface area (Å²) in [5, 5.41) is 13.8. The third-order valence-electron chi connectivity index (χ3n) is 1.82. The summed E-state index contributed by atoms with van der Waals surface area (Å²) in [6, 6.07) is 5.78. The fraction of sp³-hybridized carbons (Fsp3) is 0.200. The first-order chi connectivity index (χ1) is 7.13. The summed E-state index contributed by atoms with van der Waals surface area (Å²) < 4.78 is 0. The van der Waals surface area contributed by atoms with Crippen LogP contribution in [0.1, 0.15) is 10.4 Å². The Bertz CT molecular complexity index is 359. The molecule has 0 heterocycles. The lowest BCUT2D eigenvalue weighted by molar-refractivity contribution is -0.119. The molecular weight excluding hydrogens is 196 g/mol. The summed E-state index contributed by atoms with van der Waals surface area (Å²) in [6.45, 7) is -0.0593. The monoisotopic (exact) mass is 208 g/mol. The molecule has 0 unspecified atom stereocenters. The van der Waals surface area contributed by atoms with Crippen LogP contribution in [0, 0.1) is 0 Å². The normalized spacial score (nSPS) is 9.40. The maximum Gasteiger partial charge on any atom is 0.251 e. The number of carbonyl (C=O) groups excluding carboxylic acids is 2. The van der Waals surface area contributed by atoms with Crippen LogP contribution in [0.3, 0.4) is 0 Å². The number of amides is 2. The first-order valence-electron chi connectivity index (χ1n) is 4.41. The minimum Gasteiger partial charge on any atom is -0.508 e. The fourth-order valence-electron chi connectivity index (χ4n) is 0.964. The van der Waals surface area contributed by atoms with E-state index in [9.17, 15) is 9.59 Å². The minimum absolute atomic E-state index is 0.0593. The number of nitrogens with one attached hydrogen (secondary N) is 2. The van der Waals surface area contributed by atoms with E-state index < -0.39 is 0 Å². The molecule has 0 aliphatic carbocycles. The van der Waals surface area contributed by atoms with E-state index in [4.69, 9.17) is 5.11 Å². The van der Waals surface area contributed by atoms with Gasteiger partial charge in [0.25, 0.3) is 5.91 Å². The van der Waals surface area contributed by atoms with Gasteiger partial charge in [0.2, 0.25) is 5.91 Å². The Morgan fingerprint density at radius 2 is 1.87 bits per heavy atom. The van der Waals surface area contributed by atoms with Crippen molar-refractivity contribution in [1.29, 1.82) is 0 Å². The van der Waals surface area contributed by atoms with Gasteiger partial charge in [-0.25, -0.2) is 0 Å². The molecule has 0 bridgehead atoms. The third kappa shape index (κ3) is 3.30. The average molecular weight is 208 g/mol. The number of benzene rings is 1. The second-order valence-corrected chi connectivity index (χ2v) is 2.90. The summed E-state index contributed by atoms with van der Waals surface area (Å²) in [5.41, 5.74) is 0.400. The molecule has 0 aromatic heterocycles. The minimum atomic E-state index is -0.349. The number of phenols is 1. The highest BCUT2D eigenvalue weighted by atomic mass is 16.3. The molecule has 0 saturated carbocycles. The highest BCUT2D eigenvalue weighted by Gasteiger charge is 2.06. The number of carbonyl (C=O) groups is 2. The number of hydrogen-bond donors (Lipinski definition) is 3. The van der Waals surface area contributed by atoms with E-state index in [1.165, 1.54) is 31.3 Å². The van der Waals surface area contributed by atoms with Gasteiger partial charge in [0.15, 0.2) is 0 Å². The highest BCUT2D eigenvalue weighted by molar-refractivity contribution is 5.96. The van der Waals surface area contributed by atoms with Crippen molar-refractivity contribution in [2.24, 2.45) is 0 Å². The van der Waals surface area contributed by atoms with Crippen LogP contribution in [0.25, 0.3) is 0 Å². The van der Waals surface area contributed by atoms with Gasteiger partial charge in [-0.05, 0) is 24.3 Å². The van der Waals surface area contributed by atoms with E-state index in [2.05, 4.69) is 10.6 Å². The lowest BCUT2D eigenvalue weighted by atomic mass is 10.2. The SMILES string of the molecule is CNC(=O)CNC(=O)c1ccc(O)cc1. The van der Waals surface area contributed by atoms with Gasteiger partial charge in [-0.2, -0.15) is 0 Å². The third-order valence-corrected chi connectivity index (χ3v) is 1.82. The zero-order valence-corrected chi connectivity index (χ0v) is 8.28. The van der Waals surface area contributed by atoms with Crippen molar-refractivity contribution in [3.63, 3.8) is 0 Å². The largest absolute Gasteiger partial charge is 0.508 e. The summed E-state index contributed by atoms with van der Waals surface area (Å²) in [7, 11) is 1.50. The maximum atomic E-state index is 11.4. The molecular formula is C10H12N2O3. The van der Waals surface area contributed by atoms with E-state index in [0.29, 0.717) is 5.56 Å². The standard InChI is InChI=1S/C10H12N2O3/c1-11-9(14)6-12-10(15)7-2-4-8(13)5-3-7/h2-5,13H,6H2,1H3,(H,11,14)(H,12,15). The zero-order chi connectivity index (χ0) is 11.3. The van der Waals surface area contributed by atoms with Gasteiger partial charge in [-0.15, -0.1) is 0 Å². The molecule has 0 saturated heterocycles. The molecule has 0 radical (unpaired) electrons. The molecule has 1 rings (SSSR count). The van der Waals surface area contributed by atoms with Crippen LogP contribution in [-0.4, -0.2) is 30.5 Å². The highest BCUT2D eigenvalue weighted by Crippen LogP contribution is 2.08. The van der Waals surface area contributed by atoms with Crippen LogP contribution in [-0.2, 0) is 4.79 Å². The molecule has 0 fully saturated rings. The molecule has 2 amide bonds. The quantitative estimate of drug-likeness (QED) is 0.647. The number of rotatable bonds is 3. The van der Waals surface area contributed by atoms with Gasteiger partial charge in [0.05, 0.1) is 6.54 Å². The van der Waals surface area contributed by atoms with Crippen molar-refractivity contribution in [3.8, 4) is 5.75 Å². The van der Waals surface area contributed by atoms with Gasteiger partial charge in [-0.1, -0.05) is 0 Å². The van der Waals surface area contributed by atoms with E-state index in [1.807, 2.05) is 0 Å². The molecule has 0 spiro atoms. The Hall–Kier alpha value is -2.04. The van der Waals surface area contributed by atoms with E-state index in [1.54, 1.807) is 0 Å². The lowest BCUT2D eigenvalue weighted by Gasteiger charge is -2.03. The Labute approximate surface area is 87.1 Å². The fourth-order valence-corrected chi connectivity index (χ4v) is 0.964. The molecule has 0 aliphatic heterocycles. The molecule has 5 nitrogen and oxygen atoms in total. The van der Waals surface area contributed by atoms with Crippen LogP contribution in [0.5, 0.6) is 5.75 Å². The van der Waals surface area contributed by atoms with Gasteiger partial charge in [0, 0.05) is 12.6 Å². The molecule has 5 heteroatoms. The number of hydrogen-bond acceptors (Lipinski definition) is 3. The van der Waals surface area contributed by atoms with Gasteiger partial charge >= 0.3 is 0 Å². The van der Waals surface area contributed by atoms with Crippen molar-refractivity contribution in [2.45, 2.75) is 0 Å². The van der Waals surface area contributed by atoms with Crippen LogP contribution in [0.15, 0.2) is 24.3 Å². The van der Waals surface area contributed by atoms with Crippen molar-refractivity contribution in [3.05, 3.63) is 29.8 Å². The Balaban J connectivity index is 2.54.